The quantitative estimate of drug-likeness (QED) is 0.592. The van der Waals surface area contributed by atoms with Gasteiger partial charge in [0.15, 0.2) is 5.82 Å². The number of rotatable bonds is 3. The molecule has 1 N–H and O–H groups in total. The Kier molecular flexibility index (Phi) is 3.31. The number of para-hydroxylation sites is 1. The first-order valence-electron chi connectivity index (χ1n) is 7.09. The number of β-lactam (4-membered cyclic amide) rings is 1. The minimum Gasteiger partial charge on any atom is -0.278 e. The van der Waals surface area contributed by atoms with Gasteiger partial charge in [0, 0.05) is 17.8 Å². The zero-order valence-electron chi connectivity index (χ0n) is 11.9. The first-order valence-corrected chi connectivity index (χ1v) is 7.53. The minimum atomic E-state index is -0.611. The van der Waals surface area contributed by atoms with Crippen molar-refractivity contribution < 1.29 is 4.79 Å². The van der Waals surface area contributed by atoms with Crippen molar-refractivity contribution in [1.29, 1.82) is 0 Å². The van der Waals surface area contributed by atoms with Crippen molar-refractivity contribution in [2.75, 3.05) is 5.43 Å². The molecule has 1 saturated heterocycles. The number of hydrogen-bond donors (Lipinski definition) is 1. The van der Waals surface area contributed by atoms with E-state index in [1.807, 2.05) is 36.4 Å². The molecule has 2 aromatic heterocycles. The number of hydrazine groups is 1. The van der Waals surface area contributed by atoms with Gasteiger partial charge in [-0.1, -0.05) is 18.2 Å². The van der Waals surface area contributed by atoms with Gasteiger partial charge in [0.2, 0.25) is 0 Å². The van der Waals surface area contributed by atoms with E-state index in [1.165, 1.54) is 11.3 Å². The normalized spacial score (nSPS) is 20.4. The van der Waals surface area contributed by atoms with Crippen molar-refractivity contribution in [3.05, 3.63) is 60.7 Å². The van der Waals surface area contributed by atoms with E-state index in [0.717, 1.165) is 16.5 Å². The molecular weight excluding hydrogens is 314 g/mol. The molecule has 7 heteroatoms. The summed E-state index contributed by atoms with van der Waals surface area (Å²) in [7, 11) is 0. The zero-order valence-corrected chi connectivity index (χ0v) is 12.7. The van der Waals surface area contributed by atoms with E-state index in [0.29, 0.717) is 5.82 Å². The van der Waals surface area contributed by atoms with Crippen LogP contribution in [0.5, 0.6) is 0 Å². The number of aromatic nitrogens is 3. The highest BCUT2D eigenvalue weighted by molar-refractivity contribution is 6.33. The third-order valence-corrected chi connectivity index (χ3v) is 4.25. The fraction of sp³-hybridized carbons (Fsp3) is 0.125. The molecule has 3 heterocycles. The molecule has 0 radical (unpaired) electrons. The van der Waals surface area contributed by atoms with E-state index < -0.39 is 5.38 Å². The molecule has 3 aromatic rings. The summed E-state index contributed by atoms with van der Waals surface area (Å²) in [6.07, 6.45) is 4.86. The number of pyridine rings is 1. The number of alkyl halides is 1. The maximum atomic E-state index is 12.2. The molecule has 1 aliphatic rings. The molecule has 0 bridgehead atoms. The van der Waals surface area contributed by atoms with Crippen molar-refractivity contribution in [3.8, 4) is 0 Å². The van der Waals surface area contributed by atoms with Crippen molar-refractivity contribution in [2.24, 2.45) is 0 Å². The number of amides is 1. The maximum Gasteiger partial charge on any atom is 0.262 e. The molecule has 6 nitrogen and oxygen atoms in total. The smallest absolute Gasteiger partial charge is 0.262 e. The Morgan fingerprint density at radius 3 is 2.83 bits per heavy atom. The highest BCUT2D eigenvalue weighted by Crippen LogP contribution is 2.38. The van der Waals surface area contributed by atoms with Gasteiger partial charge in [-0.2, -0.15) is 0 Å². The van der Waals surface area contributed by atoms with Crippen LogP contribution < -0.4 is 5.43 Å². The van der Waals surface area contributed by atoms with Crippen LogP contribution in [-0.4, -0.2) is 31.2 Å². The van der Waals surface area contributed by atoms with Crippen molar-refractivity contribution in [3.63, 3.8) is 0 Å². The van der Waals surface area contributed by atoms with Gasteiger partial charge in [-0.15, -0.1) is 11.6 Å². The standard InChI is InChI=1S/C16H12ClN5O/c17-13-14(10-4-3-7-18-8-10)22(16(13)23)21-15-11-5-1-2-6-12(11)19-9-20-15/h1-9,13-14H,(H,19,20,21). The summed E-state index contributed by atoms with van der Waals surface area (Å²) in [5.74, 6) is 0.379. The lowest BCUT2D eigenvalue weighted by atomic mass is 9.97. The Hall–Kier alpha value is -2.73. The van der Waals surface area contributed by atoms with Gasteiger partial charge in [-0.25, -0.2) is 15.0 Å². The highest BCUT2D eigenvalue weighted by Gasteiger charge is 2.48. The van der Waals surface area contributed by atoms with Crippen molar-refractivity contribution in [2.45, 2.75) is 11.4 Å². The number of carbonyl (C=O) groups is 1. The van der Waals surface area contributed by atoms with Crippen LogP contribution in [-0.2, 0) is 4.79 Å². The molecule has 0 aliphatic carbocycles. The molecule has 0 saturated carbocycles. The molecule has 114 valence electrons. The van der Waals surface area contributed by atoms with Crippen LogP contribution in [0.1, 0.15) is 11.6 Å². The van der Waals surface area contributed by atoms with E-state index >= 15 is 0 Å². The fourth-order valence-corrected chi connectivity index (χ4v) is 3.02. The lowest BCUT2D eigenvalue weighted by Gasteiger charge is -2.44. The summed E-state index contributed by atoms with van der Waals surface area (Å²) in [6, 6.07) is 11.0. The van der Waals surface area contributed by atoms with E-state index in [-0.39, 0.29) is 11.9 Å². The Balaban J connectivity index is 1.68. The molecule has 1 aromatic carbocycles. The number of nitrogens with one attached hydrogen (secondary N) is 1. The number of anilines is 1. The predicted octanol–water partition coefficient (Wildman–Crippen LogP) is 2.54. The molecule has 2 unspecified atom stereocenters. The summed E-state index contributed by atoms with van der Waals surface area (Å²) in [5.41, 5.74) is 4.75. The second kappa shape index (κ2) is 5.48. The molecular formula is C16H12ClN5O. The molecule has 4 rings (SSSR count). The molecule has 1 aliphatic heterocycles. The van der Waals surface area contributed by atoms with Gasteiger partial charge < -0.3 is 0 Å². The van der Waals surface area contributed by atoms with Crippen LogP contribution in [0, 0.1) is 0 Å². The summed E-state index contributed by atoms with van der Waals surface area (Å²) in [5, 5.41) is 1.72. The summed E-state index contributed by atoms with van der Waals surface area (Å²) >= 11 is 6.19. The van der Waals surface area contributed by atoms with Gasteiger partial charge >= 0.3 is 0 Å². The second-order valence-corrected chi connectivity index (χ2v) is 5.66. The monoisotopic (exact) mass is 325 g/mol. The first kappa shape index (κ1) is 13.9. The third-order valence-electron chi connectivity index (χ3n) is 3.82. The van der Waals surface area contributed by atoms with Crippen LogP contribution in [0.2, 0.25) is 0 Å². The maximum absolute atomic E-state index is 12.2. The Bertz CT molecular complexity index is 867. The number of nitrogens with zero attached hydrogens (tertiary/aromatic N) is 4. The molecule has 1 amide bonds. The first-order chi connectivity index (χ1) is 11.3. The molecule has 1 fully saturated rings. The lowest BCUT2D eigenvalue weighted by molar-refractivity contribution is -0.143. The van der Waals surface area contributed by atoms with Crippen LogP contribution in [0.3, 0.4) is 0 Å². The minimum absolute atomic E-state index is 0.191. The van der Waals surface area contributed by atoms with Crippen LogP contribution in [0.25, 0.3) is 10.9 Å². The van der Waals surface area contributed by atoms with E-state index in [4.69, 9.17) is 11.6 Å². The van der Waals surface area contributed by atoms with Gasteiger partial charge in [0.25, 0.3) is 5.91 Å². The number of fused-ring (bicyclic) bond motifs is 1. The van der Waals surface area contributed by atoms with Gasteiger partial charge in [-0.05, 0) is 23.8 Å². The SMILES string of the molecule is O=C1C(Cl)C(c2cccnc2)N1Nc1ncnc2ccccc12. The Morgan fingerprint density at radius 2 is 2.00 bits per heavy atom. The molecule has 23 heavy (non-hydrogen) atoms. The van der Waals surface area contributed by atoms with E-state index in [9.17, 15) is 4.79 Å². The number of carbonyl (C=O) groups excluding carboxylic acids is 1. The van der Waals surface area contributed by atoms with Gasteiger partial charge in [-0.3, -0.25) is 15.2 Å². The Morgan fingerprint density at radius 1 is 1.13 bits per heavy atom. The summed E-state index contributed by atoms with van der Waals surface area (Å²) < 4.78 is 0. The molecule has 2 atom stereocenters. The Labute approximate surface area is 137 Å². The summed E-state index contributed by atoms with van der Waals surface area (Å²) in [4.78, 5) is 24.7. The average Bonchev–Trinajstić information content (AvgIpc) is 2.62. The largest absolute Gasteiger partial charge is 0.278 e. The van der Waals surface area contributed by atoms with Crippen LogP contribution in [0.4, 0.5) is 5.82 Å². The number of benzene rings is 1. The summed E-state index contributed by atoms with van der Waals surface area (Å²) in [6.45, 7) is 0. The average molecular weight is 326 g/mol. The second-order valence-electron chi connectivity index (χ2n) is 5.19. The third kappa shape index (κ3) is 2.27. The van der Waals surface area contributed by atoms with E-state index in [1.54, 1.807) is 12.4 Å². The van der Waals surface area contributed by atoms with E-state index in [2.05, 4.69) is 20.4 Å². The fourth-order valence-electron chi connectivity index (χ4n) is 2.66. The number of halogens is 1. The number of hydrogen-bond acceptors (Lipinski definition) is 5. The van der Waals surface area contributed by atoms with Gasteiger partial charge in [0.1, 0.15) is 17.7 Å². The predicted molar refractivity (Wildman–Crippen MR) is 86.6 cm³/mol. The topological polar surface area (TPSA) is 71.0 Å². The van der Waals surface area contributed by atoms with Crippen molar-refractivity contribution >= 4 is 34.2 Å². The highest BCUT2D eigenvalue weighted by atomic mass is 35.5. The van der Waals surface area contributed by atoms with Crippen LogP contribution >= 0.6 is 11.6 Å². The lowest BCUT2D eigenvalue weighted by Crippen LogP contribution is -2.58. The van der Waals surface area contributed by atoms with Crippen LogP contribution in [0.15, 0.2) is 55.1 Å². The van der Waals surface area contributed by atoms with Crippen molar-refractivity contribution in [1.82, 2.24) is 20.0 Å². The van der Waals surface area contributed by atoms with Gasteiger partial charge in [0.05, 0.1) is 5.52 Å². The molecule has 0 spiro atoms. The zero-order chi connectivity index (χ0) is 15.8.